The van der Waals surface area contributed by atoms with E-state index < -0.39 is 17.5 Å². The van der Waals surface area contributed by atoms with Crippen LogP contribution in [0.1, 0.15) is 28.8 Å². The molecular weight excluding hydrogens is 331 g/mol. The number of fused-ring (bicyclic) bond motifs is 1. The topological polar surface area (TPSA) is 41.8 Å². The van der Waals surface area contributed by atoms with Gasteiger partial charge in [0.2, 0.25) is 0 Å². The highest BCUT2D eigenvalue weighted by Gasteiger charge is 2.38. The van der Waals surface area contributed by atoms with Crippen molar-refractivity contribution in [3.63, 3.8) is 0 Å². The molecule has 2 heterocycles. The highest BCUT2D eigenvalue weighted by atomic mass is 19.1. The first-order valence-electron chi connectivity index (χ1n) is 9.15. The fourth-order valence-corrected chi connectivity index (χ4v) is 4.04. The van der Waals surface area contributed by atoms with Crippen molar-refractivity contribution in [3.05, 3.63) is 65.5 Å². The van der Waals surface area contributed by atoms with Gasteiger partial charge in [0.25, 0.3) is 5.78 Å². The number of benzene rings is 2. The molecule has 0 aliphatic carbocycles. The third kappa shape index (κ3) is 3.27. The van der Waals surface area contributed by atoms with E-state index in [1.165, 1.54) is 33.6 Å². The lowest BCUT2D eigenvalue weighted by molar-refractivity contribution is -0.904. The number of piperidine rings is 1. The van der Waals surface area contributed by atoms with Crippen molar-refractivity contribution < 1.29 is 18.9 Å². The summed E-state index contributed by atoms with van der Waals surface area (Å²) in [6.45, 7) is 2.35. The summed E-state index contributed by atoms with van der Waals surface area (Å²) >= 11 is 0. The van der Waals surface area contributed by atoms with Crippen LogP contribution in [0.3, 0.4) is 0 Å². The lowest BCUT2D eigenvalue weighted by Gasteiger charge is -2.31. The fraction of sp³-hybridized carbons (Fsp3) is 0.333. The van der Waals surface area contributed by atoms with E-state index in [2.05, 4.69) is 24.3 Å². The van der Waals surface area contributed by atoms with Gasteiger partial charge in [0.15, 0.2) is 6.67 Å². The van der Waals surface area contributed by atoms with Crippen LogP contribution in [0, 0.1) is 11.7 Å². The van der Waals surface area contributed by atoms with Gasteiger partial charge in [0.1, 0.15) is 5.82 Å². The Bertz CT molecular complexity index is 829. The van der Waals surface area contributed by atoms with Gasteiger partial charge < -0.3 is 4.90 Å². The van der Waals surface area contributed by atoms with Gasteiger partial charge in [0, 0.05) is 0 Å². The normalized spacial score (nSPS) is 22.6. The van der Waals surface area contributed by atoms with E-state index in [0.29, 0.717) is 23.8 Å². The zero-order valence-electron chi connectivity index (χ0n) is 14.6. The van der Waals surface area contributed by atoms with Crippen LogP contribution >= 0.6 is 0 Å². The zero-order valence-corrected chi connectivity index (χ0v) is 14.6. The summed E-state index contributed by atoms with van der Waals surface area (Å²) in [5, 5.41) is 0. The Morgan fingerprint density at radius 1 is 1.04 bits per heavy atom. The van der Waals surface area contributed by atoms with Crippen molar-refractivity contribution in [2.45, 2.75) is 19.3 Å². The average Bonchev–Trinajstić information content (AvgIpc) is 2.88. The molecule has 4 nitrogen and oxygen atoms in total. The zero-order chi connectivity index (χ0) is 18.1. The molecular formula is C21H22FN2O2+. The van der Waals surface area contributed by atoms with Gasteiger partial charge in [-0.3, -0.25) is 14.5 Å². The van der Waals surface area contributed by atoms with Crippen LogP contribution in [0.4, 0.5) is 10.1 Å². The molecule has 134 valence electrons. The molecule has 0 unspecified atom stereocenters. The molecule has 2 aliphatic rings. The molecule has 0 spiro atoms. The van der Waals surface area contributed by atoms with E-state index in [0.717, 1.165) is 32.4 Å². The monoisotopic (exact) mass is 353 g/mol. The lowest BCUT2D eigenvalue weighted by Crippen LogP contribution is -3.14. The van der Waals surface area contributed by atoms with Gasteiger partial charge in [-0.15, -0.1) is 0 Å². The Balaban J connectivity index is 1.38. The summed E-state index contributed by atoms with van der Waals surface area (Å²) in [6.07, 6.45) is 3.27. The van der Waals surface area contributed by atoms with Crippen molar-refractivity contribution in [1.82, 2.24) is 0 Å². The molecule has 0 radical (unpaired) electrons. The number of rotatable bonds is 4. The van der Waals surface area contributed by atoms with Crippen LogP contribution in [-0.2, 0) is 11.2 Å². The maximum absolute atomic E-state index is 13.6. The van der Waals surface area contributed by atoms with E-state index in [-0.39, 0.29) is 0 Å². The maximum atomic E-state index is 13.6. The maximum Gasteiger partial charge on any atom is 0.303 e. The number of nitrogens with zero attached hydrogens (tertiary/aromatic N) is 1. The molecule has 4 rings (SSSR count). The van der Waals surface area contributed by atoms with Crippen LogP contribution in [0.15, 0.2) is 48.5 Å². The number of amides is 1. The molecule has 0 aromatic heterocycles. The molecule has 5 heteroatoms. The number of carbonyl (C=O) groups is 2. The number of Topliss-reactive ketones (excluding diaryl/α,β-unsaturated/α-hetero) is 1. The molecule has 2 aromatic carbocycles. The number of nitrogens with one attached hydrogen (secondary N) is 1. The van der Waals surface area contributed by atoms with Crippen LogP contribution in [0.2, 0.25) is 0 Å². The number of ketones is 1. The van der Waals surface area contributed by atoms with Crippen molar-refractivity contribution in [2.75, 3.05) is 24.7 Å². The number of likely N-dealkylation sites (tertiary alicyclic amines) is 1. The van der Waals surface area contributed by atoms with Crippen molar-refractivity contribution >= 4 is 17.4 Å². The second kappa shape index (κ2) is 7.00. The van der Waals surface area contributed by atoms with E-state index in [9.17, 15) is 14.0 Å². The Kier molecular flexibility index (Phi) is 4.55. The van der Waals surface area contributed by atoms with Crippen LogP contribution in [-0.4, -0.2) is 31.4 Å². The summed E-state index contributed by atoms with van der Waals surface area (Å²) in [7, 11) is 0. The number of anilines is 1. The summed E-state index contributed by atoms with van der Waals surface area (Å²) in [5.74, 6) is -0.836. The number of carbonyl (C=O) groups excluding carboxylic acids is 2. The molecule has 1 fully saturated rings. The predicted molar refractivity (Wildman–Crippen MR) is 96.7 cm³/mol. The second-order valence-corrected chi connectivity index (χ2v) is 7.26. The standard InChI is InChI=1S/C21H21FN2O2/c22-17-6-7-18-19(13-17)24(21(26)20(18)25)14-23-10-8-16(9-11-23)12-15-4-2-1-3-5-15/h1-7,13,16H,8-12,14H2/p+1. The summed E-state index contributed by atoms with van der Waals surface area (Å²) < 4.78 is 13.6. The molecule has 1 N–H and O–H groups in total. The highest BCUT2D eigenvalue weighted by Crippen LogP contribution is 2.28. The Morgan fingerprint density at radius 2 is 1.77 bits per heavy atom. The number of halogens is 1. The van der Waals surface area contributed by atoms with Gasteiger partial charge in [-0.2, -0.15) is 0 Å². The molecule has 26 heavy (non-hydrogen) atoms. The minimum atomic E-state index is -0.537. The number of quaternary nitrogens is 1. The molecule has 1 saturated heterocycles. The van der Waals surface area contributed by atoms with Crippen LogP contribution in [0.5, 0.6) is 0 Å². The first kappa shape index (κ1) is 16.9. The molecule has 1 amide bonds. The first-order chi connectivity index (χ1) is 12.6. The van der Waals surface area contributed by atoms with Crippen molar-refractivity contribution in [3.8, 4) is 0 Å². The Morgan fingerprint density at radius 3 is 2.50 bits per heavy atom. The van der Waals surface area contributed by atoms with Crippen molar-refractivity contribution in [1.29, 1.82) is 0 Å². The van der Waals surface area contributed by atoms with Crippen LogP contribution < -0.4 is 9.80 Å². The largest absolute Gasteiger partial charge is 0.317 e. The molecule has 2 aliphatic heterocycles. The molecule has 2 aromatic rings. The summed E-state index contributed by atoms with van der Waals surface area (Å²) in [6, 6.07) is 14.4. The van der Waals surface area contributed by atoms with Gasteiger partial charge in [-0.1, -0.05) is 30.3 Å². The minimum absolute atomic E-state index is 0.315. The second-order valence-electron chi connectivity index (χ2n) is 7.26. The smallest absolute Gasteiger partial charge is 0.303 e. The number of hydrogen-bond acceptors (Lipinski definition) is 2. The minimum Gasteiger partial charge on any atom is -0.317 e. The van der Waals surface area contributed by atoms with Gasteiger partial charge in [-0.25, -0.2) is 4.39 Å². The van der Waals surface area contributed by atoms with Gasteiger partial charge in [0.05, 0.1) is 24.3 Å². The summed E-state index contributed by atoms with van der Waals surface area (Å²) in [4.78, 5) is 27.1. The Labute approximate surface area is 152 Å². The third-order valence-electron chi connectivity index (χ3n) is 5.50. The first-order valence-corrected chi connectivity index (χ1v) is 9.15. The summed E-state index contributed by atoms with van der Waals surface area (Å²) in [5.41, 5.74) is 2.10. The quantitative estimate of drug-likeness (QED) is 0.853. The van der Waals surface area contributed by atoms with Gasteiger partial charge >= 0.3 is 5.91 Å². The average molecular weight is 353 g/mol. The van der Waals surface area contributed by atoms with Crippen LogP contribution in [0.25, 0.3) is 0 Å². The molecule has 0 atom stereocenters. The van der Waals surface area contributed by atoms with E-state index in [1.807, 2.05) is 6.07 Å². The van der Waals surface area contributed by atoms with E-state index in [1.54, 1.807) is 0 Å². The Hall–Kier alpha value is -2.53. The lowest BCUT2D eigenvalue weighted by atomic mass is 9.90. The SMILES string of the molecule is O=C1C(=O)N(C[NH+]2CCC(Cc3ccccc3)CC2)c2cc(F)ccc21. The van der Waals surface area contributed by atoms with Crippen molar-refractivity contribution in [2.24, 2.45) is 5.92 Å². The van der Waals surface area contributed by atoms with E-state index >= 15 is 0 Å². The third-order valence-corrected chi connectivity index (χ3v) is 5.50. The highest BCUT2D eigenvalue weighted by molar-refractivity contribution is 6.52. The molecule has 0 saturated carbocycles. The fourth-order valence-electron chi connectivity index (χ4n) is 4.04. The van der Waals surface area contributed by atoms with Gasteiger partial charge in [-0.05, 0) is 48.9 Å². The predicted octanol–water partition coefficient (Wildman–Crippen LogP) is 1.85. The molecule has 0 bridgehead atoms. The number of hydrogen-bond donors (Lipinski definition) is 1. The van der Waals surface area contributed by atoms with E-state index in [4.69, 9.17) is 0 Å².